The molecule has 0 spiro atoms. The molecule has 1 aliphatic rings. The highest BCUT2D eigenvalue weighted by Gasteiger charge is 2.40. The topological polar surface area (TPSA) is 110 Å². The van der Waals surface area contributed by atoms with E-state index in [0.717, 1.165) is 33.7 Å². The first-order chi connectivity index (χ1) is 19.3. The summed E-state index contributed by atoms with van der Waals surface area (Å²) in [7, 11) is 1.40. The Morgan fingerprint density at radius 2 is 1.71 bits per heavy atom. The van der Waals surface area contributed by atoms with E-state index < -0.39 is 36.1 Å². The number of imidazole rings is 1. The van der Waals surface area contributed by atoms with E-state index in [1.807, 2.05) is 0 Å². The highest BCUT2D eigenvalue weighted by atomic mass is 19.4. The monoisotopic (exact) mass is 590 g/mol. The lowest BCUT2D eigenvalue weighted by molar-refractivity contribution is -0.274. The lowest BCUT2D eigenvalue weighted by Gasteiger charge is -2.38. The van der Waals surface area contributed by atoms with Crippen LogP contribution in [0.4, 0.5) is 32.2 Å². The molecule has 41 heavy (non-hydrogen) atoms. The molecule has 1 aliphatic heterocycles. The summed E-state index contributed by atoms with van der Waals surface area (Å²) >= 11 is 0. The van der Waals surface area contributed by atoms with E-state index in [9.17, 15) is 36.2 Å². The van der Waals surface area contributed by atoms with Gasteiger partial charge in [-0.05, 0) is 29.8 Å². The quantitative estimate of drug-likeness (QED) is 0.271. The number of benzene rings is 2. The molecule has 0 saturated carbocycles. The number of hydrogen-bond acceptors (Lipinski definition) is 8. The minimum Gasteiger partial charge on any atom is -0.425 e. The van der Waals surface area contributed by atoms with Gasteiger partial charge in [0.25, 0.3) is 5.91 Å². The summed E-state index contributed by atoms with van der Waals surface area (Å²) in [5.74, 6) is -1.63. The fourth-order valence-electron chi connectivity index (χ4n) is 4.08. The molecular weight excluding hydrogens is 566 g/mol. The van der Waals surface area contributed by atoms with Crippen LogP contribution in [0.1, 0.15) is 21.6 Å². The number of ether oxygens (including phenoxy) is 3. The molecule has 222 valence electrons. The van der Waals surface area contributed by atoms with Crippen LogP contribution in [0.25, 0.3) is 0 Å². The predicted octanol–water partition coefficient (Wildman–Crippen LogP) is 3.82. The van der Waals surface area contributed by atoms with Crippen molar-refractivity contribution >= 4 is 11.7 Å². The Kier molecular flexibility index (Phi) is 8.65. The van der Waals surface area contributed by atoms with Crippen LogP contribution in [-0.4, -0.2) is 76.7 Å². The molecule has 1 aromatic heterocycles. The number of halogens is 6. The zero-order valence-corrected chi connectivity index (χ0v) is 21.3. The third-order valence-electron chi connectivity index (χ3n) is 5.89. The van der Waals surface area contributed by atoms with Crippen molar-refractivity contribution in [2.75, 3.05) is 38.3 Å². The number of aromatic nitrogens is 2. The van der Waals surface area contributed by atoms with Crippen LogP contribution in [0, 0.1) is 0 Å². The van der Waals surface area contributed by atoms with Crippen molar-refractivity contribution in [3.8, 4) is 17.5 Å². The van der Waals surface area contributed by atoms with Gasteiger partial charge in [-0.1, -0.05) is 18.2 Å². The van der Waals surface area contributed by atoms with Crippen molar-refractivity contribution < 1.29 is 55.6 Å². The van der Waals surface area contributed by atoms with Crippen LogP contribution in [-0.2, 0) is 17.5 Å². The van der Waals surface area contributed by atoms with Crippen LogP contribution in [0.2, 0.25) is 0 Å². The van der Waals surface area contributed by atoms with Crippen molar-refractivity contribution in [2.24, 2.45) is 0 Å². The van der Waals surface area contributed by atoms with E-state index in [4.69, 9.17) is 14.6 Å². The van der Waals surface area contributed by atoms with Crippen LogP contribution in [0.5, 0.6) is 17.5 Å². The molecule has 0 saturated heterocycles. The molecule has 16 heteroatoms. The van der Waals surface area contributed by atoms with Crippen molar-refractivity contribution in [1.29, 1.82) is 0 Å². The van der Waals surface area contributed by atoms with Gasteiger partial charge in [0.2, 0.25) is 6.35 Å². The molecule has 4 rings (SSSR count). The lowest BCUT2D eigenvalue weighted by Crippen LogP contribution is -2.55. The number of hydrogen-bond donors (Lipinski definition) is 2. The summed E-state index contributed by atoms with van der Waals surface area (Å²) in [5.41, 5.74) is -0.988. The fourth-order valence-corrected chi connectivity index (χ4v) is 4.08. The second-order valence-corrected chi connectivity index (χ2v) is 8.77. The van der Waals surface area contributed by atoms with Crippen LogP contribution >= 0.6 is 0 Å². The van der Waals surface area contributed by atoms with Gasteiger partial charge >= 0.3 is 18.5 Å². The number of amides is 1. The molecule has 0 bridgehead atoms. The Bertz CT molecular complexity index is 1380. The number of carbonyl (C=O) groups excluding carboxylic acids is 1. The summed E-state index contributed by atoms with van der Waals surface area (Å²) in [4.78, 5) is 20.0. The summed E-state index contributed by atoms with van der Waals surface area (Å²) in [5, 5.41) is 19.6. The predicted molar refractivity (Wildman–Crippen MR) is 129 cm³/mol. The number of rotatable bonds is 10. The zero-order chi connectivity index (χ0) is 29.9. The van der Waals surface area contributed by atoms with Gasteiger partial charge in [0, 0.05) is 19.7 Å². The van der Waals surface area contributed by atoms with E-state index >= 15 is 0 Å². The number of alkyl halides is 6. The van der Waals surface area contributed by atoms with Crippen LogP contribution in [0.15, 0.2) is 48.5 Å². The molecule has 10 nitrogen and oxygen atoms in total. The molecule has 2 N–H and O–H groups in total. The Balaban J connectivity index is 1.76. The van der Waals surface area contributed by atoms with Gasteiger partial charge in [-0.2, -0.15) is 18.2 Å². The number of fused-ring (bicyclic) bond motifs is 1. The van der Waals surface area contributed by atoms with Crippen molar-refractivity contribution in [3.05, 3.63) is 65.4 Å². The zero-order valence-electron chi connectivity index (χ0n) is 21.3. The van der Waals surface area contributed by atoms with Crippen molar-refractivity contribution in [1.82, 2.24) is 14.5 Å². The normalized spacial score (nSPS) is 15.7. The second-order valence-electron chi connectivity index (χ2n) is 8.77. The van der Waals surface area contributed by atoms with Crippen molar-refractivity contribution in [3.63, 3.8) is 0 Å². The lowest BCUT2D eigenvalue weighted by atomic mass is 10.1. The maximum absolute atomic E-state index is 13.5. The Morgan fingerprint density at radius 3 is 2.39 bits per heavy atom. The maximum Gasteiger partial charge on any atom is 0.573 e. The van der Waals surface area contributed by atoms with E-state index in [2.05, 4.69) is 9.72 Å². The van der Waals surface area contributed by atoms with Gasteiger partial charge < -0.3 is 29.3 Å². The molecule has 0 radical (unpaired) electrons. The molecule has 1 atom stereocenters. The van der Waals surface area contributed by atoms with Gasteiger partial charge in [-0.3, -0.25) is 14.3 Å². The van der Waals surface area contributed by atoms with Gasteiger partial charge in [0.1, 0.15) is 11.5 Å². The van der Waals surface area contributed by atoms with Gasteiger partial charge in [-0.15, -0.1) is 13.2 Å². The average molecular weight is 590 g/mol. The minimum absolute atomic E-state index is 0.0121. The molecular formula is C25H24F6N4O6. The number of carbonyl (C=O) groups is 1. The minimum atomic E-state index is -4.98. The largest absolute Gasteiger partial charge is 0.573 e. The van der Waals surface area contributed by atoms with E-state index in [-0.39, 0.29) is 61.7 Å². The first-order valence-corrected chi connectivity index (χ1v) is 12.0. The van der Waals surface area contributed by atoms with Gasteiger partial charge in [0.05, 0.1) is 31.9 Å². The smallest absolute Gasteiger partial charge is 0.425 e. The Labute approximate surface area is 228 Å². The van der Waals surface area contributed by atoms with Gasteiger partial charge in [-0.25, -0.2) is 0 Å². The summed E-state index contributed by atoms with van der Waals surface area (Å²) < 4.78 is 94.2. The maximum atomic E-state index is 13.5. The first kappa shape index (κ1) is 30.0. The van der Waals surface area contributed by atoms with E-state index in [1.54, 1.807) is 0 Å². The standard InChI is InChI=1S/C25H24F6N4O6/c1-33-20-19(21(37)34(23(33)38)8-10-39-11-9-36)35(14-15-4-2-5-16(12-15)24(26,27)28)22(32-20)40-17-6-3-7-18(13-17)41-25(29,30)31/h2-7,12-13,23,36,38H,8-11,14H2,1H3. The van der Waals surface area contributed by atoms with Crippen LogP contribution in [0.3, 0.4) is 0 Å². The third-order valence-corrected chi connectivity index (χ3v) is 5.89. The summed E-state index contributed by atoms with van der Waals surface area (Å²) in [6.07, 6.45) is -11.1. The third kappa shape index (κ3) is 7.01. The molecule has 2 heterocycles. The molecule has 1 amide bonds. The first-order valence-electron chi connectivity index (χ1n) is 12.0. The molecule has 3 aromatic rings. The van der Waals surface area contributed by atoms with Crippen molar-refractivity contribution in [2.45, 2.75) is 25.4 Å². The summed E-state index contributed by atoms with van der Waals surface area (Å²) in [6, 6.07) is 8.43. The SMILES string of the molecule is CN1c2nc(Oc3cccc(OC(F)(F)F)c3)n(Cc3cccc(C(F)(F)F)c3)c2C(=O)N(CCOCCO)C1O. The van der Waals surface area contributed by atoms with Gasteiger partial charge in [0.15, 0.2) is 11.5 Å². The average Bonchev–Trinajstić information content (AvgIpc) is 3.23. The Morgan fingerprint density at radius 1 is 1.00 bits per heavy atom. The second kappa shape index (κ2) is 11.8. The molecule has 2 aromatic carbocycles. The highest BCUT2D eigenvalue weighted by Crippen LogP contribution is 2.37. The number of aliphatic hydroxyl groups excluding tert-OH is 2. The molecule has 0 fully saturated rings. The van der Waals surface area contributed by atoms with E-state index in [1.165, 1.54) is 36.2 Å². The molecule has 1 unspecified atom stereocenters. The number of anilines is 1. The fraction of sp³-hybridized carbons (Fsp3) is 0.360. The number of aliphatic hydroxyl groups is 2. The number of nitrogens with zero attached hydrogens (tertiary/aromatic N) is 4. The highest BCUT2D eigenvalue weighted by molar-refractivity contribution is 5.99. The van der Waals surface area contributed by atoms with Crippen LogP contribution < -0.4 is 14.4 Å². The Hall–Kier alpha value is -4.02. The molecule has 0 aliphatic carbocycles. The van der Waals surface area contributed by atoms with E-state index in [0.29, 0.717) is 0 Å². The summed E-state index contributed by atoms with van der Waals surface area (Å²) in [6.45, 7) is -0.804.